The largest absolute Gasteiger partial charge is 0.497 e. The quantitative estimate of drug-likeness (QED) is 0.427. The highest BCUT2D eigenvalue weighted by molar-refractivity contribution is 8.14. The highest BCUT2D eigenvalue weighted by Gasteiger charge is 2.42. The molecule has 0 saturated heterocycles. The number of aliphatic imine (C=N–C) groups is 2. The molecule has 0 fully saturated rings. The van der Waals surface area contributed by atoms with Crippen molar-refractivity contribution >= 4 is 51.9 Å². The molecule has 39 heavy (non-hydrogen) atoms. The van der Waals surface area contributed by atoms with E-state index in [9.17, 15) is 14.4 Å². The van der Waals surface area contributed by atoms with Crippen molar-refractivity contribution < 1.29 is 19.1 Å². The number of thioether (sulfide) groups is 1. The van der Waals surface area contributed by atoms with E-state index in [4.69, 9.17) is 9.73 Å². The van der Waals surface area contributed by atoms with Crippen LogP contribution in [0.2, 0.25) is 0 Å². The van der Waals surface area contributed by atoms with Crippen LogP contribution in [0.5, 0.6) is 5.75 Å². The summed E-state index contributed by atoms with van der Waals surface area (Å²) >= 11 is 1.19. The fourth-order valence-electron chi connectivity index (χ4n) is 4.34. The standard InChI is InChI=1S/C29H27N5O4S/c1-38-21-13-11-20(12-14-21)31-26(36)18-39-29-32-23-10-6-5-9-22(23)27-33-28(37)24(34(27)29)17-25(35)30-16-15-19-7-3-2-4-8-19/h2-14,24H,15-18H2,1H3,(H,30,35)(H,31,36). The molecule has 2 N–H and O–H groups in total. The van der Waals surface area contributed by atoms with Crippen LogP contribution in [0, 0.1) is 0 Å². The summed E-state index contributed by atoms with van der Waals surface area (Å²) in [6, 6.07) is 23.5. The van der Waals surface area contributed by atoms with Gasteiger partial charge in [-0.25, -0.2) is 4.99 Å². The molecule has 3 amide bonds. The molecule has 10 heteroatoms. The summed E-state index contributed by atoms with van der Waals surface area (Å²) in [7, 11) is 1.58. The number of benzene rings is 3. The summed E-state index contributed by atoms with van der Waals surface area (Å²) in [4.78, 5) is 49.2. The smallest absolute Gasteiger partial charge is 0.271 e. The molecule has 0 aliphatic carbocycles. The Morgan fingerprint density at radius 3 is 2.46 bits per heavy atom. The van der Waals surface area contributed by atoms with E-state index in [1.54, 1.807) is 36.3 Å². The molecular formula is C29H27N5O4S. The molecule has 0 spiro atoms. The summed E-state index contributed by atoms with van der Waals surface area (Å²) in [5.41, 5.74) is 3.13. The molecule has 5 rings (SSSR count). The van der Waals surface area contributed by atoms with Crippen LogP contribution in [0.1, 0.15) is 17.5 Å². The molecule has 198 valence electrons. The Hall–Kier alpha value is -4.44. The van der Waals surface area contributed by atoms with Gasteiger partial charge in [0.25, 0.3) is 5.91 Å². The molecule has 9 nitrogen and oxygen atoms in total. The van der Waals surface area contributed by atoms with Crippen molar-refractivity contribution in [1.82, 2.24) is 10.2 Å². The number of amidine groups is 2. The van der Waals surface area contributed by atoms with E-state index in [1.165, 1.54) is 11.8 Å². The lowest BCUT2D eigenvalue weighted by Gasteiger charge is -2.30. The van der Waals surface area contributed by atoms with Crippen molar-refractivity contribution in [2.45, 2.75) is 18.9 Å². The number of fused-ring (bicyclic) bond motifs is 3. The number of nitrogens with zero attached hydrogens (tertiary/aromatic N) is 3. The molecular weight excluding hydrogens is 514 g/mol. The molecule has 2 aliphatic heterocycles. The highest BCUT2D eigenvalue weighted by atomic mass is 32.2. The first-order valence-electron chi connectivity index (χ1n) is 12.5. The number of carbonyl (C=O) groups excluding carboxylic acids is 3. The molecule has 0 saturated carbocycles. The fourth-order valence-corrected chi connectivity index (χ4v) is 5.19. The van der Waals surface area contributed by atoms with E-state index in [-0.39, 0.29) is 24.0 Å². The van der Waals surface area contributed by atoms with Gasteiger partial charge in [0.05, 0.1) is 25.0 Å². The lowest BCUT2D eigenvalue weighted by atomic mass is 10.1. The lowest BCUT2D eigenvalue weighted by Crippen LogP contribution is -2.46. The topological polar surface area (TPSA) is 112 Å². The maximum atomic E-state index is 13.0. The molecule has 3 aromatic carbocycles. The number of carbonyl (C=O) groups is 3. The molecule has 1 unspecified atom stereocenters. The summed E-state index contributed by atoms with van der Waals surface area (Å²) < 4.78 is 5.15. The Bertz CT molecular complexity index is 1440. The van der Waals surface area contributed by atoms with Crippen molar-refractivity contribution in [3.63, 3.8) is 0 Å². The van der Waals surface area contributed by atoms with Crippen molar-refractivity contribution in [3.05, 3.63) is 90.0 Å². The zero-order valence-corrected chi connectivity index (χ0v) is 22.1. The number of hydrogen-bond donors (Lipinski definition) is 2. The Kier molecular flexibility index (Phi) is 8.02. The van der Waals surface area contributed by atoms with Crippen molar-refractivity contribution in [2.75, 3.05) is 24.7 Å². The predicted molar refractivity (Wildman–Crippen MR) is 153 cm³/mol. The van der Waals surface area contributed by atoms with Gasteiger partial charge in [-0.15, -0.1) is 0 Å². The van der Waals surface area contributed by atoms with Crippen LogP contribution < -0.4 is 15.4 Å². The normalized spacial score (nSPS) is 15.6. The second kappa shape index (κ2) is 12.0. The van der Waals surface area contributed by atoms with Crippen LogP contribution in [0.25, 0.3) is 0 Å². The van der Waals surface area contributed by atoms with Gasteiger partial charge in [-0.2, -0.15) is 4.99 Å². The van der Waals surface area contributed by atoms with Gasteiger partial charge in [-0.3, -0.25) is 19.3 Å². The number of anilines is 1. The first-order chi connectivity index (χ1) is 19.0. The lowest BCUT2D eigenvalue weighted by molar-refractivity contribution is -0.126. The number of ether oxygens (including phenoxy) is 1. The van der Waals surface area contributed by atoms with Crippen LogP contribution in [0.15, 0.2) is 88.8 Å². The summed E-state index contributed by atoms with van der Waals surface area (Å²) in [6.45, 7) is 0.460. The number of rotatable bonds is 9. The van der Waals surface area contributed by atoms with Gasteiger partial charge in [0, 0.05) is 17.8 Å². The third-order valence-electron chi connectivity index (χ3n) is 6.27. The summed E-state index contributed by atoms with van der Waals surface area (Å²) in [5, 5.41) is 6.20. The zero-order valence-electron chi connectivity index (χ0n) is 21.3. The van der Waals surface area contributed by atoms with Crippen LogP contribution in [0.3, 0.4) is 0 Å². The highest BCUT2D eigenvalue weighted by Crippen LogP contribution is 2.35. The Labute approximate surface area is 230 Å². The molecule has 2 heterocycles. The van der Waals surface area contributed by atoms with Crippen LogP contribution in [0.4, 0.5) is 11.4 Å². The van der Waals surface area contributed by atoms with E-state index in [0.717, 1.165) is 5.56 Å². The summed E-state index contributed by atoms with van der Waals surface area (Å²) in [6.07, 6.45) is 0.621. The minimum Gasteiger partial charge on any atom is -0.497 e. The second-order valence-electron chi connectivity index (χ2n) is 8.93. The Morgan fingerprint density at radius 2 is 1.69 bits per heavy atom. The Balaban J connectivity index is 1.26. The number of methoxy groups -OCH3 is 1. The van der Waals surface area contributed by atoms with Gasteiger partial charge in [0.15, 0.2) is 5.17 Å². The minimum atomic E-state index is -0.832. The maximum absolute atomic E-state index is 13.0. The summed E-state index contributed by atoms with van der Waals surface area (Å²) in [5.74, 6) is 0.313. The van der Waals surface area contributed by atoms with E-state index in [1.807, 2.05) is 54.6 Å². The van der Waals surface area contributed by atoms with E-state index >= 15 is 0 Å². The van der Waals surface area contributed by atoms with Gasteiger partial charge in [-0.1, -0.05) is 54.2 Å². The monoisotopic (exact) mass is 541 g/mol. The number of hydrogen-bond acceptors (Lipinski definition) is 7. The number of amides is 3. The first-order valence-corrected chi connectivity index (χ1v) is 13.5. The number of para-hydroxylation sites is 1. The SMILES string of the molecule is COc1ccc(NC(=O)CSC2=Nc3ccccc3C3=NC(=O)C(CC(=O)NCCc4ccccc4)N23)cc1. The third kappa shape index (κ3) is 6.18. The fraction of sp³-hybridized carbons (Fsp3) is 0.207. The van der Waals surface area contributed by atoms with Crippen molar-refractivity contribution in [1.29, 1.82) is 0 Å². The van der Waals surface area contributed by atoms with Crippen molar-refractivity contribution in [2.24, 2.45) is 9.98 Å². The molecule has 2 aliphatic rings. The van der Waals surface area contributed by atoms with Crippen molar-refractivity contribution in [3.8, 4) is 5.75 Å². The third-order valence-corrected chi connectivity index (χ3v) is 7.22. The molecule has 3 aromatic rings. The molecule has 0 bridgehead atoms. The van der Waals surface area contributed by atoms with Crippen LogP contribution in [-0.2, 0) is 20.8 Å². The molecule has 1 atom stereocenters. The molecule has 0 aromatic heterocycles. The maximum Gasteiger partial charge on any atom is 0.271 e. The van der Waals surface area contributed by atoms with Gasteiger partial charge in [0.1, 0.15) is 17.6 Å². The van der Waals surface area contributed by atoms with Gasteiger partial charge >= 0.3 is 0 Å². The van der Waals surface area contributed by atoms with E-state index in [0.29, 0.717) is 46.7 Å². The minimum absolute atomic E-state index is 0.0565. The first kappa shape index (κ1) is 26.2. The molecule has 0 radical (unpaired) electrons. The predicted octanol–water partition coefficient (Wildman–Crippen LogP) is 3.77. The average molecular weight is 542 g/mol. The van der Waals surface area contributed by atoms with Gasteiger partial charge in [-0.05, 0) is 48.4 Å². The zero-order chi connectivity index (χ0) is 27.2. The number of nitrogens with one attached hydrogen (secondary N) is 2. The van der Waals surface area contributed by atoms with Crippen LogP contribution in [-0.4, -0.2) is 59.1 Å². The van der Waals surface area contributed by atoms with Crippen LogP contribution >= 0.6 is 11.8 Å². The second-order valence-corrected chi connectivity index (χ2v) is 9.87. The van der Waals surface area contributed by atoms with Gasteiger partial charge < -0.3 is 15.4 Å². The van der Waals surface area contributed by atoms with Gasteiger partial charge in [0.2, 0.25) is 11.8 Å². The Morgan fingerprint density at radius 1 is 0.949 bits per heavy atom. The van der Waals surface area contributed by atoms with E-state index < -0.39 is 11.9 Å². The van der Waals surface area contributed by atoms with E-state index in [2.05, 4.69) is 15.6 Å². The average Bonchev–Trinajstić information content (AvgIpc) is 3.28.